The van der Waals surface area contributed by atoms with Gasteiger partial charge in [-0.15, -0.1) is 0 Å². The number of quaternary nitrogens is 1. The van der Waals surface area contributed by atoms with Crippen LogP contribution >= 0.6 is 23.5 Å². The predicted molar refractivity (Wildman–Crippen MR) is 175 cm³/mol. The maximum atomic E-state index is 12.5. The van der Waals surface area contributed by atoms with Gasteiger partial charge in [0, 0.05) is 38.3 Å². The van der Waals surface area contributed by atoms with E-state index in [0.717, 1.165) is 53.3 Å². The number of nitrogens with zero attached hydrogens (tertiary/aromatic N) is 6. The van der Waals surface area contributed by atoms with Crippen LogP contribution in [0.5, 0.6) is 0 Å². The Balaban J connectivity index is 1.28. The van der Waals surface area contributed by atoms with Crippen molar-refractivity contribution in [3.05, 3.63) is 51.3 Å². The number of carbonyl (C=O) groups is 1. The number of ether oxygens (including phenoxy) is 1. The number of carbonyl (C=O) groups excluding carboxylic acids is 1. The molecule has 3 aromatic rings. The van der Waals surface area contributed by atoms with Crippen molar-refractivity contribution in [2.75, 3.05) is 52.7 Å². The van der Waals surface area contributed by atoms with Gasteiger partial charge in [0.05, 0.1) is 60.1 Å². The number of nitrogens with one attached hydrogen (secondary N) is 3. The number of aromatic amines is 1. The molecule has 24 nitrogen and oxygen atoms in total. The van der Waals surface area contributed by atoms with Gasteiger partial charge in [-0.05, 0) is 18.9 Å². The molecule has 0 aromatic carbocycles. The zero-order chi connectivity index (χ0) is 39.2. The Hall–Kier alpha value is -3.47. The fraction of sp³-hybridized carbons (Fsp3) is 0.538. The van der Waals surface area contributed by atoms with Gasteiger partial charge in [-0.3, -0.25) is 32.6 Å². The summed E-state index contributed by atoms with van der Waals surface area (Å²) in [5.41, 5.74) is -0.787. The molecule has 1 saturated heterocycles. The van der Waals surface area contributed by atoms with Crippen LogP contribution in [0.4, 0.5) is 5.82 Å². The molecule has 53 heavy (non-hydrogen) atoms. The normalized spacial score (nSPS) is 20.4. The summed E-state index contributed by atoms with van der Waals surface area (Å²) in [4.78, 5) is 96.5. The third-order valence-corrected chi connectivity index (χ3v) is 11.0. The smallest absolute Gasteiger partial charge is 0.330 e. The van der Waals surface area contributed by atoms with Crippen molar-refractivity contribution >= 4 is 52.4 Å². The largest absolute Gasteiger partial charge is 0.790 e. The van der Waals surface area contributed by atoms with Crippen LogP contribution in [0.3, 0.4) is 0 Å². The van der Waals surface area contributed by atoms with Crippen LogP contribution in [-0.2, 0) is 42.9 Å². The van der Waals surface area contributed by atoms with E-state index in [-0.39, 0.29) is 25.1 Å². The van der Waals surface area contributed by atoms with Crippen LogP contribution in [0.1, 0.15) is 31.1 Å². The first-order chi connectivity index (χ1) is 24.6. The first-order valence-corrected chi connectivity index (χ1v) is 20.1. The number of anilines is 1. The molecule has 1 aliphatic rings. The number of aryl methyl sites for hydroxylation is 1. The van der Waals surface area contributed by atoms with Gasteiger partial charge in [-0.2, -0.15) is 0 Å². The number of aliphatic hydroxyl groups excluding tert-OH is 1. The van der Waals surface area contributed by atoms with Crippen molar-refractivity contribution in [1.82, 2.24) is 34.4 Å². The molecular formula is C26H37N9O15P3-3. The highest BCUT2D eigenvalue weighted by molar-refractivity contribution is 7.64. The van der Waals surface area contributed by atoms with Crippen molar-refractivity contribution < 1.29 is 65.5 Å². The predicted octanol–water partition coefficient (Wildman–Crippen LogP) is -3.13. The molecule has 4 N–H and O–H groups in total. The van der Waals surface area contributed by atoms with Gasteiger partial charge in [0.25, 0.3) is 21.2 Å². The van der Waals surface area contributed by atoms with Gasteiger partial charge in [0.1, 0.15) is 24.2 Å². The van der Waals surface area contributed by atoms with E-state index in [1.165, 1.54) is 6.33 Å². The average Bonchev–Trinajstić information content (AvgIpc) is 3.61. The van der Waals surface area contributed by atoms with Crippen LogP contribution in [0.25, 0.3) is 17.2 Å². The standard InChI is InChI=1S/C26H40N9O15P3/c1-35(2,3)11-5-4-10-33-16-31-22-23(29-15-30-24(22)33)28-9-8-27-20(37)7-6-17-13-34(26(39)32-25(17)38)21-12-18(36)19(48-21)14-47-52(43,44)50-53(45,46)49-51(40,41)42/h6-7,13,15-16,18-19,21,36H,4-5,8-12,14H2,1-3H3,(H6-,27,28,29,30,32,37,38,39,40,41,42,43,44,45,46)/p-3/b7-6+. The second-order valence-electron chi connectivity index (χ2n) is 12.6. The molecule has 1 aliphatic heterocycles. The van der Waals surface area contributed by atoms with E-state index in [2.05, 4.69) is 59.9 Å². The number of hydrogen-bond acceptors (Lipinski definition) is 19. The van der Waals surface area contributed by atoms with E-state index in [1.807, 2.05) is 9.55 Å². The third kappa shape index (κ3) is 13.1. The molecule has 294 valence electrons. The second kappa shape index (κ2) is 17.3. The minimum Gasteiger partial charge on any atom is -0.790 e. The molecule has 0 spiro atoms. The maximum absolute atomic E-state index is 12.5. The van der Waals surface area contributed by atoms with Gasteiger partial charge in [0.2, 0.25) is 5.91 Å². The van der Waals surface area contributed by atoms with Crippen LogP contribution < -0.4 is 41.5 Å². The summed E-state index contributed by atoms with van der Waals surface area (Å²) in [7, 11) is -11.9. The van der Waals surface area contributed by atoms with Crippen LogP contribution in [0.2, 0.25) is 0 Å². The lowest BCUT2D eigenvalue weighted by Crippen LogP contribution is -2.35. The SMILES string of the molecule is C[N+](C)(C)CCCCn1cnc2c(NCCNC(=O)/C=C/c3cn(C4CC(O)C(COP(=O)([O-])OP(=O)([O-])OP(=O)([O-])[O-])O4)c(=O)[nH]c3=O)ncnc21. The molecule has 5 unspecified atom stereocenters. The zero-order valence-electron chi connectivity index (χ0n) is 28.5. The summed E-state index contributed by atoms with van der Waals surface area (Å²) in [6.07, 6.45) is 3.60. The minimum atomic E-state index is -6.21. The highest BCUT2D eigenvalue weighted by Gasteiger charge is 2.37. The number of rotatable bonds is 19. The highest BCUT2D eigenvalue weighted by Crippen LogP contribution is 2.60. The summed E-state index contributed by atoms with van der Waals surface area (Å²) in [6, 6.07) is 0. The topological polar surface area (TPSA) is 340 Å². The number of fused-ring (bicyclic) bond motifs is 1. The van der Waals surface area contributed by atoms with E-state index >= 15 is 0 Å². The van der Waals surface area contributed by atoms with Crippen LogP contribution in [0.15, 0.2) is 34.5 Å². The third-order valence-electron chi connectivity index (χ3n) is 7.32. The van der Waals surface area contributed by atoms with Crippen molar-refractivity contribution in [3.8, 4) is 0 Å². The molecule has 4 heterocycles. The number of phosphoric ester groups is 1. The Labute approximate surface area is 300 Å². The second-order valence-corrected chi connectivity index (χ2v) is 16.8. The molecule has 0 bridgehead atoms. The lowest BCUT2D eigenvalue weighted by atomic mass is 10.2. The quantitative estimate of drug-likeness (QED) is 0.0402. The molecule has 3 aromatic heterocycles. The summed E-state index contributed by atoms with van der Waals surface area (Å²) in [5.74, 6) is -0.107. The Morgan fingerprint density at radius 2 is 1.83 bits per heavy atom. The molecule has 5 atom stereocenters. The van der Waals surface area contributed by atoms with Crippen molar-refractivity contribution in [1.29, 1.82) is 0 Å². The summed E-state index contributed by atoms with van der Waals surface area (Å²) in [6.45, 7) is 1.11. The molecule has 0 aliphatic carbocycles. The fourth-order valence-electron chi connectivity index (χ4n) is 4.95. The van der Waals surface area contributed by atoms with E-state index in [4.69, 9.17) is 4.74 Å². The van der Waals surface area contributed by atoms with Crippen molar-refractivity contribution in [2.24, 2.45) is 0 Å². The summed E-state index contributed by atoms with van der Waals surface area (Å²) in [5, 5.41) is 16.0. The Kier molecular flexibility index (Phi) is 13.8. The number of imidazole rings is 1. The fourth-order valence-corrected chi connectivity index (χ4v) is 7.82. The average molecular weight is 809 g/mol. The first kappa shape index (κ1) is 42.3. The Morgan fingerprint density at radius 3 is 2.53 bits per heavy atom. The van der Waals surface area contributed by atoms with Gasteiger partial charge >= 0.3 is 5.69 Å². The number of aliphatic hydroxyl groups is 1. The van der Waals surface area contributed by atoms with Crippen molar-refractivity contribution in [2.45, 2.75) is 44.2 Å². The number of hydrogen-bond donors (Lipinski definition) is 4. The lowest BCUT2D eigenvalue weighted by Gasteiger charge is -2.37. The van der Waals surface area contributed by atoms with E-state index in [9.17, 15) is 52.8 Å². The molecule has 0 radical (unpaired) electrons. The molecule has 1 amide bonds. The monoisotopic (exact) mass is 808 g/mol. The number of H-pyrrole nitrogens is 1. The van der Waals surface area contributed by atoms with Gasteiger partial charge in [-0.1, -0.05) is 0 Å². The number of aromatic nitrogens is 6. The molecular weight excluding hydrogens is 771 g/mol. The molecule has 1 fully saturated rings. The number of phosphoric acid groups is 3. The number of amides is 1. The zero-order valence-corrected chi connectivity index (χ0v) is 31.1. The number of unbranched alkanes of at least 4 members (excludes halogenated alkanes) is 1. The highest BCUT2D eigenvalue weighted by atomic mass is 31.3. The van der Waals surface area contributed by atoms with Crippen molar-refractivity contribution in [3.63, 3.8) is 0 Å². The van der Waals surface area contributed by atoms with Gasteiger partial charge in [-0.25, -0.2) is 24.1 Å². The summed E-state index contributed by atoms with van der Waals surface area (Å²) >= 11 is 0. The van der Waals surface area contributed by atoms with E-state index in [0.29, 0.717) is 17.0 Å². The summed E-state index contributed by atoms with van der Waals surface area (Å²) < 4.78 is 53.6. The van der Waals surface area contributed by atoms with Gasteiger partial charge in [0.15, 0.2) is 11.5 Å². The van der Waals surface area contributed by atoms with Crippen LogP contribution in [-0.4, -0.2) is 104 Å². The van der Waals surface area contributed by atoms with E-state index in [1.54, 1.807) is 6.33 Å². The molecule has 4 rings (SSSR count). The molecule has 0 saturated carbocycles. The lowest BCUT2D eigenvalue weighted by molar-refractivity contribution is -0.870. The molecule has 27 heteroatoms. The Bertz CT molecular complexity index is 2060. The van der Waals surface area contributed by atoms with Gasteiger partial charge < -0.3 is 58.2 Å². The Morgan fingerprint density at radius 1 is 1.09 bits per heavy atom. The van der Waals surface area contributed by atoms with Crippen LogP contribution in [0, 0.1) is 0 Å². The first-order valence-electron chi connectivity index (χ1n) is 15.7. The minimum absolute atomic E-state index is 0.145. The van der Waals surface area contributed by atoms with E-state index < -0.39 is 65.7 Å². The maximum Gasteiger partial charge on any atom is 0.330 e.